The highest BCUT2D eigenvalue weighted by Gasteiger charge is 2.06. The lowest BCUT2D eigenvalue weighted by molar-refractivity contribution is 0.203. The quantitative estimate of drug-likeness (QED) is 0.244. The molecule has 9 heteroatoms. The van der Waals surface area contributed by atoms with Gasteiger partial charge in [0, 0.05) is 27.2 Å². The third kappa shape index (κ3) is 7.92. The molecule has 0 spiro atoms. The van der Waals surface area contributed by atoms with E-state index in [2.05, 4.69) is 15.6 Å². The number of aliphatic imine (C=N–C) groups is 1. The molecule has 0 aliphatic rings. The minimum atomic E-state index is -3.63. The predicted octanol–water partition coefficient (Wildman–Crippen LogP) is 0.306. The first-order valence-electron chi connectivity index (χ1n) is 6.52. The van der Waals surface area contributed by atoms with Crippen molar-refractivity contribution in [1.29, 1.82) is 0 Å². The van der Waals surface area contributed by atoms with Gasteiger partial charge < -0.3 is 15.4 Å². The predicted molar refractivity (Wildman–Crippen MR) is 98.2 cm³/mol. The summed E-state index contributed by atoms with van der Waals surface area (Å²) in [5, 5.41) is 11.3. The van der Waals surface area contributed by atoms with E-state index < -0.39 is 10.0 Å². The van der Waals surface area contributed by atoms with Crippen molar-refractivity contribution in [3.8, 4) is 0 Å². The number of sulfonamides is 1. The van der Waals surface area contributed by atoms with E-state index in [-0.39, 0.29) is 28.9 Å². The first kappa shape index (κ1) is 21.1. The van der Waals surface area contributed by atoms with Crippen LogP contribution in [0, 0.1) is 0 Å². The van der Waals surface area contributed by atoms with Crippen LogP contribution < -0.4 is 15.8 Å². The minimum Gasteiger partial charge on any atom is -0.383 e. The molecular weight excluding hydrogens is 419 g/mol. The number of primary sulfonamides is 1. The van der Waals surface area contributed by atoms with Gasteiger partial charge in [0.1, 0.15) is 0 Å². The molecule has 1 aromatic carbocycles. The molecule has 1 aromatic rings. The molecule has 0 aliphatic heterocycles. The van der Waals surface area contributed by atoms with Crippen LogP contribution in [0.1, 0.15) is 5.56 Å². The number of halogens is 1. The summed E-state index contributed by atoms with van der Waals surface area (Å²) in [6.07, 6.45) is 0.746. The van der Waals surface area contributed by atoms with Crippen LogP contribution in [0.3, 0.4) is 0 Å². The van der Waals surface area contributed by atoms with Gasteiger partial charge in [-0.1, -0.05) is 12.1 Å². The largest absolute Gasteiger partial charge is 0.383 e. The summed E-state index contributed by atoms with van der Waals surface area (Å²) >= 11 is 0. The fourth-order valence-electron chi connectivity index (χ4n) is 1.66. The number of rotatable bonds is 7. The van der Waals surface area contributed by atoms with Gasteiger partial charge in [0.2, 0.25) is 10.0 Å². The Morgan fingerprint density at radius 1 is 1.23 bits per heavy atom. The zero-order valence-corrected chi connectivity index (χ0v) is 15.9. The van der Waals surface area contributed by atoms with Crippen LogP contribution in [0.25, 0.3) is 0 Å². The van der Waals surface area contributed by atoms with Crippen LogP contribution in [0.2, 0.25) is 0 Å². The van der Waals surface area contributed by atoms with Gasteiger partial charge in [-0.05, 0) is 24.1 Å². The van der Waals surface area contributed by atoms with E-state index in [0.717, 1.165) is 12.0 Å². The van der Waals surface area contributed by atoms with Crippen molar-refractivity contribution in [2.45, 2.75) is 11.3 Å². The highest BCUT2D eigenvalue weighted by molar-refractivity contribution is 14.0. The summed E-state index contributed by atoms with van der Waals surface area (Å²) in [6.45, 7) is 1.97. The molecule has 0 fully saturated rings. The molecule has 0 aromatic heterocycles. The van der Waals surface area contributed by atoms with Gasteiger partial charge >= 0.3 is 0 Å². The van der Waals surface area contributed by atoms with E-state index in [1.54, 1.807) is 26.3 Å². The molecule has 0 unspecified atom stereocenters. The molecule has 0 aliphatic carbocycles. The van der Waals surface area contributed by atoms with Crippen molar-refractivity contribution in [3.05, 3.63) is 29.8 Å². The zero-order chi connectivity index (χ0) is 15.7. The smallest absolute Gasteiger partial charge is 0.238 e. The number of nitrogens with one attached hydrogen (secondary N) is 2. The highest BCUT2D eigenvalue weighted by atomic mass is 127. The lowest BCUT2D eigenvalue weighted by Gasteiger charge is -2.11. The summed E-state index contributed by atoms with van der Waals surface area (Å²) in [5.41, 5.74) is 1.02. The number of methoxy groups -OCH3 is 1. The molecule has 0 saturated heterocycles. The van der Waals surface area contributed by atoms with Crippen molar-refractivity contribution < 1.29 is 13.2 Å². The fourth-order valence-corrected chi connectivity index (χ4v) is 2.18. The normalized spacial score (nSPS) is 11.7. The number of nitrogens with two attached hydrogens (primary N) is 1. The standard InChI is InChI=1S/C13H22N4O3S.HI/c1-15-13(17-9-10-20-2)16-8-7-11-3-5-12(6-4-11)21(14,18)19;/h3-6H,7-10H2,1-2H3,(H2,14,18,19)(H2,15,16,17);1H. The molecule has 0 saturated carbocycles. The number of hydrogen-bond acceptors (Lipinski definition) is 4. The van der Waals surface area contributed by atoms with Gasteiger partial charge in [-0.15, -0.1) is 24.0 Å². The summed E-state index contributed by atoms with van der Waals surface area (Å²) < 4.78 is 27.2. The van der Waals surface area contributed by atoms with Gasteiger partial charge in [0.15, 0.2) is 5.96 Å². The van der Waals surface area contributed by atoms with Gasteiger partial charge in [-0.3, -0.25) is 4.99 Å². The Hall–Kier alpha value is -0.910. The highest BCUT2D eigenvalue weighted by Crippen LogP contribution is 2.08. The second kappa shape index (κ2) is 10.8. The lowest BCUT2D eigenvalue weighted by atomic mass is 10.1. The maximum atomic E-state index is 11.1. The van der Waals surface area contributed by atoms with Crippen LogP contribution in [0.15, 0.2) is 34.2 Å². The topological polar surface area (TPSA) is 106 Å². The third-order valence-electron chi connectivity index (χ3n) is 2.78. The average Bonchev–Trinajstić information content (AvgIpc) is 2.45. The molecule has 126 valence electrons. The number of nitrogens with zero attached hydrogens (tertiary/aromatic N) is 1. The molecule has 0 radical (unpaired) electrons. The van der Waals surface area contributed by atoms with Crippen LogP contribution in [-0.4, -0.2) is 48.2 Å². The fraction of sp³-hybridized carbons (Fsp3) is 0.462. The molecule has 1 rings (SSSR count). The Bertz CT molecular complexity index is 561. The number of ether oxygens (including phenoxy) is 1. The summed E-state index contributed by atoms with van der Waals surface area (Å²) in [7, 11) is -0.288. The van der Waals surface area contributed by atoms with Gasteiger partial charge in [0.05, 0.1) is 11.5 Å². The maximum absolute atomic E-state index is 11.1. The first-order chi connectivity index (χ1) is 9.97. The van der Waals surface area contributed by atoms with Crippen molar-refractivity contribution in [2.24, 2.45) is 10.1 Å². The van der Waals surface area contributed by atoms with E-state index in [0.29, 0.717) is 25.7 Å². The van der Waals surface area contributed by atoms with E-state index in [4.69, 9.17) is 9.88 Å². The molecule has 0 heterocycles. The third-order valence-corrected chi connectivity index (χ3v) is 3.71. The van der Waals surface area contributed by atoms with E-state index in [1.807, 2.05) is 0 Å². The SMILES string of the molecule is CN=C(NCCOC)NCCc1ccc(S(N)(=O)=O)cc1.I. The average molecular weight is 442 g/mol. The second-order valence-electron chi connectivity index (χ2n) is 4.36. The second-order valence-corrected chi connectivity index (χ2v) is 5.92. The van der Waals surface area contributed by atoms with Crippen molar-refractivity contribution in [2.75, 3.05) is 33.9 Å². The van der Waals surface area contributed by atoms with Crippen LogP contribution in [-0.2, 0) is 21.2 Å². The maximum Gasteiger partial charge on any atom is 0.238 e. The summed E-state index contributed by atoms with van der Waals surface area (Å²) in [4.78, 5) is 4.20. The number of benzene rings is 1. The van der Waals surface area contributed by atoms with E-state index in [9.17, 15) is 8.42 Å². The Morgan fingerprint density at radius 3 is 2.32 bits per heavy atom. The number of hydrogen-bond donors (Lipinski definition) is 3. The van der Waals surface area contributed by atoms with E-state index >= 15 is 0 Å². The Balaban J connectivity index is 0.00000441. The summed E-state index contributed by atoms with van der Waals surface area (Å²) in [6, 6.07) is 6.53. The van der Waals surface area contributed by atoms with Gasteiger partial charge in [-0.25, -0.2) is 13.6 Å². The molecule has 4 N–H and O–H groups in total. The Morgan fingerprint density at radius 2 is 1.82 bits per heavy atom. The minimum absolute atomic E-state index is 0. The Labute approximate surface area is 148 Å². The molecule has 0 amide bonds. The monoisotopic (exact) mass is 442 g/mol. The van der Waals surface area contributed by atoms with Gasteiger partial charge in [0.25, 0.3) is 0 Å². The van der Waals surface area contributed by atoms with Crippen LogP contribution in [0.5, 0.6) is 0 Å². The molecule has 22 heavy (non-hydrogen) atoms. The molecular formula is C13H23IN4O3S. The molecule has 0 bridgehead atoms. The number of guanidine groups is 1. The van der Waals surface area contributed by atoms with Crippen molar-refractivity contribution in [3.63, 3.8) is 0 Å². The first-order valence-corrected chi connectivity index (χ1v) is 8.07. The van der Waals surface area contributed by atoms with Crippen LogP contribution >= 0.6 is 24.0 Å². The van der Waals surface area contributed by atoms with E-state index in [1.165, 1.54) is 12.1 Å². The molecule has 0 atom stereocenters. The van der Waals surface area contributed by atoms with Crippen molar-refractivity contribution >= 4 is 40.0 Å². The lowest BCUT2D eigenvalue weighted by Crippen LogP contribution is -2.39. The zero-order valence-electron chi connectivity index (χ0n) is 12.7. The van der Waals surface area contributed by atoms with Crippen molar-refractivity contribution in [1.82, 2.24) is 10.6 Å². The summed E-state index contributed by atoms with van der Waals surface area (Å²) in [5.74, 6) is 0.702. The molecule has 7 nitrogen and oxygen atoms in total. The van der Waals surface area contributed by atoms with Crippen LogP contribution in [0.4, 0.5) is 0 Å². The Kier molecular flexibility index (Phi) is 10.3. The van der Waals surface area contributed by atoms with Gasteiger partial charge in [-0.2, -0.15) is 0 Å².